The fraction of sp³-hybridized carbons (Fsp3) is 0.0769. The van der Waals surface area contributed by atoms with Crippen LogP contribution in [0, 0.1) is 5.82 Å². The van der Waals surface area contributed by atoms with Gasteiger partial charge in [0.15, 0.2) is 5.82 Å². The van der Waals surface area contributed by atoms with Crippen molar-refractivity contribution in [2.45, 2.75) is 0 Å². The van der Waals surface area contributed by atoms with E-state index in [1.54, 1.807) is 0 Å². The second kappa shape index (κ2) is 6.07. The first-order valence-electron chi connectivity index (χ1n) is 5.47. The molecule has 7 heteroatoms. The fourth-order valence-electron chi connectivity index (χ4n) is 1.52. The van der Waals surface area contributed by atoms with Crippen LogP contribution in [0.15, 0.2) is 30.5 Å². The normalized spacial score (nSPS) is 10.2. The van der Waals surface area contributed by atoms with Gasteiger partial charge in [-0.25, -0.2) is 14.2 Å². The molecule has 0 spiro atoms. The number of aromatic nitrogens is 1. The van der Waals surface area contributed by atoms with Crippen LogP contribution < -0.4 is 5.32 Å². The molecule has 20 heavy (non-hydrogen) atoms. The maximum Gasteiger partial charge on any atom is 0.338 e. The number of pyridine rings is 1. The number of methoxy groups -OCH3 is 1. The van der Waals surface area contributed by atoms with E-state index in [1.165, 1.54) is 37.6 Å². The number of carbonyl (C=O) groups is 1. The van der Waals surface area contributed by atoms with Gasteiger partial charge in [0.25, 0.3) is 0 Å². The van der Waals surface area contributed by atoms with Gasteiger partial charge < -0.3 is 10.1 Å². The van der Waals surface area contributed by atoms with Gasteiger partial charge in [-0.05, 0) is 24.3 Å². The lowest BCUT2D eigenvalue weighted by Gasteiger charge is -2.08. The Kier molecular flexibility index (Phi) is 4.42. The minimum Gasteiger partial charge on any atom is -0.465 e. The summed E-state index contributed by atoms with van der Waals surface area (Å²) in [5.74, 6) is -0.785. The molecule has 2 rings (SSSR count). The first kappa shape index (κ1) is 14.6. The van der Waals surface area contributed by atoms with Gasteiger partial charge in [-0.3, -0.25) is 0 Å². The van der Waals surface area contributed by atoms with Crippen molar-refractivity contribution >= 4 is 40.7 Å². The highest BCUT2D eigenvalue weighted by atomic mass is 35.5. The van der Waals surface area contributed by atoms with Crippen LogP contribution in [0.4, 0.5) is 15.9 Å². The second-order valence-electron chi connectivity index (χ2n) is 3.80. The minimum absolute atomic E-state index is 0.107. The monoisotopic (exact) mass is 314 g/mol. The molecular formula is C13H9Cl2FN2O2. The van der Waals surface area contributed by atoms with E-state index in [1.807, 2.05) is 0 Å². The van der Waals surface area contributed by atoms with Gasteiger partial charge in [0.1, 0.15) is 5.82 Å². The minimum atomic E-state index is -0.685. The van der Waals surface area contributed by atoms with Crippen molar-refractivity contribution in [3.8, 4) is 0 Å². The predicted molar refractivity (Wildman–Crippen MR) is 75.3 cm³/mol. The zero-order valence-electron chi connectivity index (χ0n) is 10.3. The molecule has 0 radical (unpaired) electrons. The van der Waals surface area contributed by atoms with E-state index in [4.69, 9.17) is 23.2 Å². The molecule has 1 N–H and O–H groups in total. The summed E-state index contributed by atoms with van der Waals surface area (Å²) in [6.07, 6.45) is 1.45. The van der Waals surface area contributed by atoms with E-state index in [2.05, 4.69) is 15.0 Å². The lowest BCUT2D eigenvalue weighted by Crippen LogP contribution is -2.03. The molecule has 0 bridgehead atoms. The number of hydrogen-bond acceptors (Lipinski definition) is 4. The Morgan fingerprint density at radius 2 is 1.95 bits per heavy atom. The molecule has 2 aromatic rings. The number of halogens is 3. The summed E-state index contributed by atoms with van der Waals surface area (Å²) in [4.78, 5) is 15.4. The average molecular weight is 315 g/mol. The number of ether oxygens (including phenoxy) is 1. The van der Waals surface area contributed by atoms with Crippen LogP contribution in [0.3, 0.4) is 0 Å². The van der Waals surface area contributed by atoms with Crippen LogP contribution in [0.1, 0.15) is 10.4 Å². The largest absolute Gasteiger partial charge is 0.465 e. The van der Waals surface area contributed by atoms with Crippen molar-refractivity contribution in [3.63, 3.8) is 0 Å². The van der Waals surface area contributed by atoms with Gasteiger partial charge >= 0.3 is 5.97 Å². The summed E-state index contributed by atoms with van der Waals surface area (Å²) >= 11 is 11.4. The van der Waals surface area contributed by atoms with Crippen molar-refractivity contribution in [2.75, 3.05) is 12.4 Å². The van der Waals surface area contributed by atoms with Crippen LogP contribution in [-0.4, -0.2) is 18.1 Å². The van der Waals surface area contributed by atoms with Crippen molar-refractivity contribution in [2.24, 2.45) is 0 Å². The molecule has 0 aliphatic carbocycles. The topological polar surface area (TPSA) is 51.2 Å². The Morgan fingerprint density at radius 1 is 1.30 bits per heavy atom. The SMILES string of the molecule is COC(=O)c1ccnc(Nc2cc(Cl)c(F)c(Cl)c2)c1. The summed E-state index contributed by atoms with van der Waals surface area (Å²) in [5, 5.41) is 2.66. The van der Waals surface area contributed by atoms with E-state index in [0.717, 1.165) is 0 Å². The third-order valence-corrected chi connectivity index (χ3v) is 2.99. The van der Waals surface area contributed by atoms with Gasteiger partial charge in [-0.15, -0.1) is 0 Å². The average Bonchev–Trinajstić information content (AvgIpc) is 2.44. The lowest BCUT2D eigenvalue weighted by molar-refractivity contribution is 0.0600. The van der Waals surface area contributed by atoms with Gasteiger partial charge in [0.05, 0.1) is 22.7 Å². The molecule has 1 heterocycles. The Hall–Kier alpha value is -1.85. The molecule has 0 fully saturated rings. The molecule has 0 amide bonds. The van der Waals surface area contributed by atoms with Crippen molar-refractivity contribution < 1.29 is 13.9 Å². The molecule has 0 aliphatic heterocycles. The van der Waals surface area contributed by atoms with Gasteiger partial charge in [0, 0.05) is 11.9 Å². The van der Waals surface area contributed by atoms with Crippen LogP contribution >= 0.6 is 23.2 Å². The van der Waals surface area contributed by atoms with Crippen molar-refractivity contribution in [3.05, 3.63) is 51.9 Å². The highest BCUT2D eigenvalue weighted by Crippen LogP contribution is 2.28. The number of esters is 1. The molecule has 0 unspecified atom stereocenters. The Balaban J connectivity index is 2.28. The van der Waals surface area contributed by atoms with Crippen LogP contribution in [-0.2, 0) is 4.74 Å². The summed E-state index contributed by atoms with van der Waals surface area (Å²) in [6, 6.07) is 5.75. The summed E-state index contributed by atoms with van der Waals surface area (Å²) < 4.78 is 17.9. The predicted octanol–water partition coefficient (Wildman–Crippen LogP) is 4.06. The summed E-state index contributed by atoms with van der Waals surface area (Å²) in [6.45, 7) is 0. The molecule has 4 nitrogen and oxygen atoms in total. The Bertz CT molecular complexity index is 642. The number of carbonyl (C=O) groups excluding carboxylic acids is 1. The molecule has 0 aliphatic rings. The van der Waals surface area contributed by atoms with E-state index >= 15 is 0 Å². The lowest BCUT2D eigenvalue weighted by atomic mass is 10.2. The van der Waals surface area contributed by atoms with Crippen LogP contribution in [0.5, 0.6) is 0 Å². The van der Waals surface area contributed by atoms with Gasteiger partial charge in [-0.1, -0.05) is 23.2 Å². The summed E-state index contributed by atoms with van der Waals surface area (Å²) in [7, 11) is 1.29. The number of rotatable bonds is 3. The third kappa shape index (κ3) is 3.18. The highest BCUT2D eigenvalue weighted by Gasteiger charge is 2.10. The number of nitrogens with zero attached hydrogens (tertiary/aromatic N) is 1. The summed E-state index contributed by atoms with van der Waals surface area (Å²) in [5.41, 5.74) is 0.792. The van der Waals surface area contributed by atoms with E-state index in [-0.39, 0.29) is 10.0 Å². The number of benzene rings is 1. The first-order valence-corrected chi connectivity index (χ1v) is 6.23. The van der Waals surface area contributed by atoms with Crippen LogP contribution in [0.25, 0.3) is 0 Å². The highest BCUT2D eigenvalue weighted by molar-refractivity contribution is 6.35. The zero-order valence-corrected chi connectivity index (χ0v) is 11.8. The molecule has 104 valence electrons. The zero-order chi connectivity index (χ0) is 14.7. The van der Waals surface area contributed by atoms with E-state index < -0.39 is 11.8 Å². The Labute approximate surface area is 124 Å². The molecule has 0 saturated heterocycles. The van der Waals surface area contributed by atoms with Crippen LogP contribution in [0.2, 0.25) is 10.0 Å². The number of anilines is 2. The molecule has 0 atom stereocenters. The maximum absolute atomic E-state index is 13.3. The number of hydrogen-bond donors (Lipinski definition) is 1. The quantitative estimate of drug-likeness (QED) is 0.685. The molecule has 0 saturated carbocycles. The maximum atomic E-state index is 13.3. The van der Waals surface area contributed by atoms with E-state index in [0.29, 0.717) is 17.1 Å². The third-order valence-electron chi connectivity index (χ3n) is 2.44. The van der Waals surface area contributed by atoms with Gasteiger partial charge in [-0.2, -0.15) is 0 Å². The smallest absolute Gasteiger partial charge is 0.338 e. The second-order valence-corrected chi connectivity index (χ2v) is 4.61. The molecule has 1 aromatic carbocycles. The number of nitrogens with one attached hydrogen (secondary N) is 1. The standard InChI is InChI=1S/C13H9Cl2FN2O2/c1-20-13(19)7-2-3-17-11(4-7)18-8-5-9(14)12(16)10(15)6-8/h2-6H,1H3,(H,17,18). The van der Waals surface area contributed by atoms with Gasteiger partial charge in [0.2, 0.25) is 0 Å². The molecular weight excluding hydrogens is 306 g/mol. The van der Waals surface area contributed by atoms with E-state index in [9.17, 15) is 9.18 Å². The van der Waals surface area contributed by atoms with Crippen molar-refractivity contribution in [1.29, 1.82) is 0 Å². The fourth-order valence-corrected chi connectivity index (χ4v) is 2.01. The first-order chi connectivity index (χ1) is 9.51. The molecule has 1 aromatic heterocycles. The Morgan fingerprint density at radius 3 is 2.55 bits per heavy atom. The van der Waals surface area contributed by atoms with Crippen molar-refractivity contribution in [1.82, 2.24) is 4.98 Å².